The number of rotatable bonds is 12. The summed E-state index contributed by atoms with van der Waals surface area (Å²) in [5.74, 6) is -2.21. The van der Waals surface area contributed by atoms with Crippen LogP contribution in [0.5, 0.6) is 0 Å². The van der Waals surface area contributed by atoms with Crippen LogP contribution in [-0.2, 0) is 57.0 Å². The molecule has 0 saturated carbocycles. The number of likely N-dealkylation sites (N-methyl/N-ethyl adjacent to an activating group) is 2. The van der Waals surface area contributed by atoms with E-state index in [0.29, 0.717) is 19.3 Å². The quantitative estimate of drug-likeness (QED) is 0.191. The highest BCUT2D eigenvalue weighted by Crippen LogP contribution is 2.38. The molecule has 4 aliphatic rings. The molecule has 3 saturated heterocycles. The molecule has 0 amide bonds. The maximum atomic E-state index is 13.4. The molecule has 3 fully saturated rings. The minimum atomic E-state index is -1.49. The van der Waals surface area contributed by atoms with Gasteiger partial charge in [0.25, 0.3) is 0 Å². The monoisotopic (exact) mass is 885 g/mol. The highest BCUT2D eigenvalue weighted by molar-refractivity contribution is 5.72. The van der Waals surface area contributed by atoms with Gasteiger partial charge in [0.05, 0.1) is 48.6 Å². The molecule has 0 aromatic heterocycles. The number of cyclic esters (lactones) is 1. The van der Waals surface area contributed by atoms with Gasteiger partial charge in [-0.15, -0.1) is 0 Å². The highest BCUT2D eigenvalue weighted by atomic mass is 16.7. The van der Waals surface area contributed by atoms with E-state index in [1.807, 2.05) is 52.2 Å². The van der Waals surface area contributed by atoms with Gasteiger partial charge in [0.2, 0.25) is 0 Å². The van der Waals surface area contributed by atoms with E-state index in [4.69, 9.17) is 42.6 Å². The van der Waals surface area contributed by atoms with Crippen molar-refractivity contribution in [3.63, 3.8) is 0 Å². The van der Waals surface area contributed by atoms with Crippen LogP contribution in [0.1, 0.15) is 93.4 Å². The van der Waals surface area contributed by atoms with Gasteiger partial charge >= 0.3 is 11.9 Å². The number of aldehydes is 1. The van der Waals surface area contributed by atoms with E-state index in [0.717, 1.165) is 12.7 Å². The van der Waals surface area contributed by atoms with Crippen LogP contribution in [0.3, 0.4) is 0 Å². The van der Waals surface area contributed by atoms with Crippen molar-refractivity contribution >= 4 is 18.2 Å². The predicted molar refractivity (Wildman–Crippen MR) is 226 cm³/mol. The van der Waals surface area contributed by atoms with Crippen LogP contribution in [0.2, 0.25) is 0 Å². The first-order valence-electron chi connectivity index (χ1n) is 22.2. The van der Waals surface area contributed by atoms with Crippen LogP contribution < -0.4 is 0 Å². The number of esters is 2. The third-order valence-electron chi connectivity index (χ3n) is 12.7. The average Bonchev–Trinajstić information content (AvgIpc) is 3.16. The number of ether oxygens (including phenoxy) is 9. The molecule has 62 heavy (non-hydrogen) atoms. The molecule has 17 nitrogen and oxygen atoms in total. The summed E-state index contributed by atoms with van der Waals surface area (Å²) in [5, 5.41) is 33.6. The number of hydrogen-bond acceptors (Lipinski definition) is 17. The van der Waals surface area contributed by atoms with E-state index in [1.54, 1.807) is 39.8 Å². The van der Waals surface area contributed by atoms with Crippen molar-refractivity contribution < 1.29 is 72.3 Å². The molecular weight excluding hydrogens is 808 g/mol. The standard InChI is InChI=1S/C45H76N2O15/c1-25-22-31(20-21-48)41(62-44-39(51)38(47(10)11)40(28(4)58-44)61-37-24-45(7,53)43(52)29(5)57-37)42(54-12)34(59-30(6)49)23-35(50)55-26(2)16-14-13-15-17-33(25)60-36-19-18-32(46(8)9)27(3)56-36/h13-15,17,21,25-29,31-34,36-44,51-53H,16,18-20,22-24H2,1-12H3/b14-13+,17-15-/t25-,26-,27+,28-,29+,31+,32+,33+,34-,36+,37+,38-,39-,40-,41+,42+,43+,44+,45-/m1/s1. The van der Waals surface area contributed by atoms with E-state index in [1.165, 1.54) is 21.0 Å². The second-order valence-corrected chi connectivity index (χ2v) is 18.4. The van der Waals surface area contributed by atoms with Gasteiger partial charge in [0, 0.05) is 39.3 Å². The second-order valence-electron chi connectivity index (χ2n) is 18.4. The normalized spacial score (nSPS) is 44.0. The Labute approximate surface area is 368 Å². The summed E-state index contributed by atoms with van der Waals surface area (Å²) in [4.78, 5) is 42.7. The lowest BCUT2D eigenvalue weighted by molar-refractivity contribution is -0.344. The smallest absolute Gasteiger partial charge is 0.309 e. The molecule has 17 heteroatoms. The zero-order valence-electron chi connectivity index (χ0n) is 38.9. The van der Waals surface area contributed by atoms with Gasteiger partial charge < -0.3 is 72.5 Å². The van der Waals surface area contributed by atoms with Crippen molar-refractivity contribution in [3.8, 4) is 0 Å². The zero-order chi connectivity index (χ0) is 46.1. The van der Waals surface area contributed by atoms with Crippen molar-refractivity contribution in [2.45, 2.75) is 197 Å². The maximum Gasteiger partial charge on any atom is 0.309 e. The molecule has 4 aliphatic heterocycles. The summed E-state index contributed by atoms with van der Waals surface area (Å²) in [6.45, 7) is 12.0. The molecule has 4 rings (SSSR count). The first-order valence-corrected chi connectivity index (χ1v) is 22.2. The molecule has 4 heterocycles. The van der Waals surface area contributed by atoms with Crippen molar-refractivity contribution in [2.75, 3.05) is 35.3 Å². The number of allylic oxidation sites excluding steroid dienone is 2. The molecule has 356 valence electrons. The number of aliphatic hydroxyl groups excluding tert-OH is 2. The van der Waals surface area contributed by atoms with Gasteiger partial charge in [0.15, 0.2) is 18.9 Å². The fourth-order valence-electron chi connectivity index (χ4n) is 9.40. The van der Waals surface area contributed by atoms with Gasteiger partial charge in [-0.25, -0.2) is 0 Å². The van der Waals surface area contributed by atoms with Crippen LogP contribution in [0.4, 0.5) is 0 Å². The van der Waals surface area contributed by atoms with Crippen molar-refractivity contribution in [3.05, 3.63) is 24.3 Å². The van der Waals surface area contributed by atoms with Crippen molar-refractivity contribution in [2.24, 2.45) is 11.8 Å². The third-order valence-corrected chi connectivity index (χ3v) is 12.7. The van der Waals surface area contributed by atoms with Crippen LogP contribution in [-0.4, -0.2) is 182 Å². The van der Waals surface area contributed by atoms with Gasteiger partial charge in [-0.05, 0) is 93.9 Å². The topological polar surface area (TPSA) is 201 Å². The zero-order valence-corrected chi connectivity index (χ0v) is 38.9. The van der Waals surface area contributed by atoms with E-state index in [-0.39, 0.29) is 37.3 Å². The minimum Gasteiger partial charge on any atom is -0.462 e. The summed E-state index contributed by atoms with van der Waals surface area (Å²) in [5.41, 5.74) is -1.49. The summed E-state index contributed by atoms with van der Waals surface area (Å²) in [6, 6.07) is -0.509. The van der Waals surface area contributed by atoms with Gasteiger partial charge in [-0.1, -0.05) is 31.2 Å². The molecule has 0 radical (unpaired) electrons. The molecule has 0 aliphatic carbocycles. The van der Waals surface area contributed by atoms with E-state index in [9.17, 15) is 29.7 Å². The SMILES string of the molecule is CO[C@@H]1[C@@H](O[C@@H]2O[C@H](C)[C@@H](O[C@H]3C[C@@](C)(O)[C@@H](O)[C@H](C)O3)[C@H](N(C)C)[C@H]2O)[C@@H](CC=O)C[C@@H](C)[C@@H](O[C@H]2CC[C@H](N(C)C)[C@H](C)O2)/C=C\C=C\C[C@@H](C)OC(=O)C[C@H]1OC(C)=O. The van der Waals surface area contributed by atoms with Crippen LogP contribution in [0.15, 0.2) is 24.3 Å². The predicted octanol–water partition coefficient (Wildman–Crippen LogP) is 2.90. The number of hydrogen-bond donors (Lipinski definition) is 3. The summed E-state index contributed by atoms with van der Waals surface area (Å²) < 4.78 is 56.3. The molecule has 19 atom stereocenters. The number of carbonyl (C=O) groups excluding carboxylic acids is 3. The molecule has 0 aromatic rings. The van der Waals surface area contributed by atoms with E-state index < -0.39 is 109 Å². The van der Waals surface area contributed by atoms with E-state index in [2.05, 4.69) is 4.90 Å². The molecular formula is C45H76N2O15. The number of carbonyl (C=O) groups is 3. The molecule has 3 N–H and O–H groups in total. The van der Waals surface area contributed by atoms with E-state index >= 15 is 0 Å². The Balaban J connectivity index is 1.73. The maximum absolute atomic E-state index is 13.4. The summed E-state index contributed by atoms with van der Waals surface area (Å²) >= 11 is 0. The Morgan fingerprint density at radius 1 is 0.903 bits per heavy atom. The highest BCUT2D eigenvalue weighted by Gasteiger charge is 2.52. The molecule has 0 bridgehead atoms. The molecule has 0 spiro atoms. The fraction of sp³-hybridized carbons (Fsp3) is 0.844. The number of nitrogens with zero attached hydrogens (tertiary/aromatic N) is 2. The fourth-order valence-corrected chi connectivity index (χ4v) is 9.40. The van der Waals surface area contributed by atoms with Gasteiger partial charge in [-0.2, -0.15) is 0 Å². The Bertz CT molecular complexity index is 1480. The first kappa shape index (κ1) is 52.2. The van der Waals surface area contributed by atoms with Crippen molar-refractivity contribution in [1.29, 1.82) is 0 Å². The third kappa shape index (κ3) is 14.1. The Hall–Kier alpha value is -2.39. The Kier molecular flexibility index (Phi) is 20.0. The lowest BCUT2D eigenvalue weighted by Crippen LogP contribution is -2.65. The van der Waals surface area contributed by atoms with Crippen LogP contribution in [0, 0.1) is 11.8 Å². The number of methoxy groups -OCH3 is 1. The Morgan fingerprint density at radius 2 is 1.60 bits per heavy atom. The van der Waals surface area contributed by atoms with Crippen molar-refractivity contribution in [1.82, 2.24) is 9.80 Å². The lowest BCUT2D eigenvalue weighted by atomic mass is 9.82. The summed E-state index contributed by atoms with van der Waals surface area (Å²) in [6.07, 6.45) is -1.81. The number of aliphatic hydroxyl groups is 3. The Morgan fingerprint density at radius 3 is 2.19 bits per heavy atom. The second kappa shape index (κ2) is 23.7. The lowest BCUT2D eigenvalue weighted by Gasteiger charge is -2.50. The average molecular weight is 885 g/mol. The minimum absolute atomic E-state index is 0.0293. The molecule has 0 aromatic carbocycles. The van der Waals surface area contributed by atoms with Gasteiger partial charge in [0.1, 0.15) is 42.9 Å². The van der Waals surface area contributed by atoms with Crippen LogP contribution >= 0.6 is 0 Å². The van der Waals surface area contributed by atoms with Crippen LogP contribution in [0.25, 0.3) is 0 Å². The summed E-state index contributed by atoms with van der Waals surface area (Å²) in [7, 11) is 9.02. The van der Waals surface area contributed by atoms with Gasteiger partial charge in [-0.3, -0.25) is 9.59 Å². The first-order chi connectivity index (χ1) is 29.2. The largest absolute Gasteiger partial charge is 0.462 e. The molecule has 0 unspecified atom stereocenters.